The van der Waals surface area contributed by atoms with Crippen molar-refractivity contribution in [3.8, 4) is 16.9 Å². The van der Waals surface area contributed by atoms with E-state index in [9.17, 15) is 4.79 Å². The predicted molar refractivity (Wildman–Crippen MR) is 102 cm³/mol. The Hall–Kier alpha value is -3.74. The van der Waals surface area contributed by atoms with E-state index in [4.69, 9.17) is 9.15 Å². The van der Waals surface area contributed by atoms with E-state index < -0.39 is 5.97 Å². The minimum atomic E-state index is -0.506. The summed E-state index contributed by atoms with van der Waals surface area (Å²) in [5.74, 6) is 0.162. The molecule has 0 spiro atoms. The summed E-state index contributed by atoms with van der Waals surface area (Å²) < 4.78 is 12.3. The summed E-state index contributed by atoms with van der Waals surface area (Å²) in [5, 5.41) is 12.2. The van der Waals surface area contributed by atoms with E-state index >= 15 is 0 Å². The van der Waals surface area contributed by atoms with E-state index in [-0.39, 0.29) is 12.5 Å². The Morgan fingerprint density at radius 1 is 1.04 bits per heavy atom. The second-order valence-electron chi connectivity index (χ2n) is 6.33. The Balaban J connectivity index is 1.68. The molecule has 7 heteroatoms. The second kappa shape index (κ2) is 7.48. The molecule has 0 aliphatic carbocycles. The Labute approximate surface area is 161 Å². The summed E-state index contributed by atoms with van der Waals surface area (Å²) in [7, 11) is 0. The van der Waals surface area contributed by atoms with Gasteiger partial charge in [0.1, 0.15) is 11.3 Å². The van der Waals surface area contributed by atoms with Crippen molar-refractivity contribution < 1.29 is 13.9 Å². The molecule has 0 fully saturated rings. The lowest BCUT2D eigenvalue weighted by molar-refractivity contribution is 0.0437. The third-order valence-corrected chi connectivity index (χ3v) is 4.17. The van der Waals surface area contributed by atoms with Gasteiger partial charge in [-0.1, -0.05) is 48.0 Å². The summed E-state index contributed by atoms with van der Waals surface area (Å²) in [6.45, 7) is 3.59. The van der Waals surface area contributed by atoms with Gasteiger partial charge in [-0.3, -0.25) is 0 Å². The summed E-state index contributed by atoms with van der Waals surface area (Å²) in [6.07, 6.45) is 1.67. The fourth-order valence-electron chi connectivity index (χ4n) is 2.76. The molecule has 0 amide bonds. The third-order valence-electron chi connectivity index (χ3n) is 4.17. The first-order valence-corrected chi connectivity index (χ1v) is 8.78. The van der Waals surface area contributed by atoms with Gasteiger partial charge < -0.3 is 9.15 Å². The van der Waals surface area contributed by atoms with Crippen LogP contribution in [0.25, 0.3) is 16.9 Å². The molecule has 4 aromatic rings. The van der Waals surface area contributed by atoms with Crippen LogP contribution in [0, 0.1) is 13.8 Å². The number of aryl methyl sites for hydroxylation is 2. The number of carbonyl (C=O) groups is 1. The highest BCUT2D eigenvalue weighted by atomic mass is 16.5. The summed E-state index contributed by atoms with van der Waals surface area (Å²) in [5.41, 5.74) is 3.73. The topological polar surface area (TPSA) is 83.0 Å². The van der Waals surface area contributed by atoms with Gasteiger partial charge in [-0.25, -0.2) is 9.48 Å². The molecule has 2 heterocycles. The lowest BCUT2D eigenvalue weighted by Gasteiger charge is -2.03. The fraction of sp³-hybridized carbons (Fsp3) is 0.143. The molecule has 140 valence electrons. The number of hydrogen-bond acceptors (Lipinski definition) is 6. The van der Waals surface area contributed by atoms with E-state index in [1.165, 1.54) is 0 Å². The second-order valence-corrected chi connectivity index (χ2v) is 6.33. The zero-order chi connectivity index (χ0) is 19.5. The number of carbonyl (C=O) groups excluding carboxylic acids is 1. The molecule has 4 rings (SSSR count). The first kappa shape index (κ1) is 17.7. The highest BCUT2D eigenvalue weighted by molar-refractivity contribution is 5.96. The SMILES string of the molecule is Cc1ccc(-c2nn(-c3ccccc3)cc2C(=O)OCc2nnc(C)o2)cc1. The molecule has 0 aliphatic rings. The molecule has 0 bridgehead atoms. The Bertz CT molecular complexity index is 1100. The molecule has 0 N–H and O–H groups in total. The van der Waals surface area contributed by atoms with Crippen LogP contribution in [0.5, 0.6) is 0 Å². The minimum Gasteiger partial charge on any atom is -0.452 e. The zero-order valence-corrected chi connectivity index (χ0v) is 15.5. The van der Waals surface area contributed by atoms with Crippen LogP contribution in [0.4, 0.5) is 0 Å². The van der Waals surface area contributed by atoms with Gasteiger partial charge in [-0.05, 0) is 19.1 Å². The number of para-hydroxylation sites is 1. The monoisotopic (exact) mass is 374 g/mol. The Kier molecular flexibility index (Phi) is 4.72. The summed E-state index contributed by atoms with van der Waals surface area (Å²) in [6, 6.07) is 17.4. The fourth-order valence-corrected chi connectivity index (χ4v) is 2.76. The number of ether oxygens (including phenoxy) is 1. The van der Waals surface area contributed by atoms with Crippen LogP contribution in [0.3, 0.4) is 0 Å². The number of hydrogen-bond donors (Lipinski definition) is 0. The summed E-state index contributed by atoms with van der Waals surface area (Å²) in [4.78, 5) is 12.8. The van der Waals surface area contributed by atoms with E-state index in [2.05, 4.69) is 15.3 Å². The molecule has 7 nitrogen and oxygen atoms in total. The molecule has 0 radical (unpaired) electrons. The normalized spacial score (nSPS) is 10.8. The van der Waals surface area contributed by atoms with Crippen molar-refractivity contribution in [2.45, 2.75) is 20.5 Å². The van der Waals surface area contributed by atoms with Crippen molar-refractivity contribution in [3.63, 3.8) is 0 Å². The van der Waals surface area contributed by atoms with Crippen molar-refractivity contribution in [1.29, 1.82) is 0 Å². The van der Waals surface area contributed by atoms with Gasteiger partial charge in [0.2, 0.25) is 5.89 Å². The lowest BCUT2D eigenvalue weighted by Crippen LogP contribution is -2.06. The molecule has 2 aromatic carbocycles. The molecule has 0 saturated heterocycles. The number of rotatable bonds is 5. The highest BCUT2D eigenvalue weighted by Crippen LogP contribution is 2.25. The molecule has 0 aliphatic heterocycles. The van der Waals surface area contributed by atoms with Crippen molar-refractivity contribution in [2.24, 2.45) is 0 Å². The van der Waals surface area contributed by atoms with Gasteiger partial charge in [0.15, 0.2) is 6.61 Å². The predicted octanol–water partition coefficient (Wildman–Crippen LogP) is 3.90. The number of aromatic nitrogens is 4. The first-order chi connectivity index (χ1) is 13.6. The standard InChI is InChI=1S/C21H18N4O3/c1-14-8-10-16(11-9-14)20-18(12-25(24-20)17-6-4-3-5-7-17)21(26)27-13-19-23-22-15(2)28-19/h3-12H,13H2,1-2H3. The largest absolute Gasteiger partial charge is 0.452 e. The van der Waals surface area contributed by atoms with Crippen LogP contribution in [0.1, 0.15) is 27.7 Å². The van der Waals surface area contributed by atoms with E-state index in [1.54, 1.807) is 17.8 Å². The number of benzene rings is 2. The van der Waals surface area contributed by atoms with E-state index in [1.807, 2.05) is 61.5 Å². The van der Waals surface area contributed by atoms with Crippen molar-refractivity contribution in [1.82, 2.24) is 20.0 Å². The number of esters is 1. The number of nitrogens with zero attached hydrogens (tertiary/aromatic N) is 4. The average Bonchev–Trinajstić information content (AvgIpc) is 3.34. The van der Waals surface area contributed by atoms with Crippen molar-refractivity contribution >= 4 is 5.97 Å². The van der Waals surface area contributed by atoms with Crippen LogP contribution < -0.4 is 0 Å². The average molecular weight is 374 g/mol. The van der Waals surface area contributed by atoms with Gasteiger partial charge in [-0.2, -0.15) is 5.10 Å². The molecular weight excluding hydrogens is 356 g/mol. The molecule has 0 saturated carbocycles. The quantitative estimate of drug-likeness (QED) is 0.493. The maximum atomic E-state index is 12.8. The highest BCUT2D eigenvalue weighted by Gasteiger charge is 2.20. The van der Waals surface area contributed by atoms with Crippen molar-refractivity contribution in [2.75, 3.05) is 0 Å². The molecular formula is C21H18N4O3. The zero-order valence-electron chi connectivity index (χ0n) is 15.5. The molecule has 2 aromatic heterocycles. The lowest BCUT2D eigenvalue weighted by atomic mass is 10.1. The van der Waals surface area contributed by atoms with E-state index in [0.717, 1.165) is 16.8 Å². The van der Waals surface area contributed by atoms with Crippen LogP contribution in [-0.2, 0) is 11.3 Å². The Morgan fingerprint density at radius 3 is 2.46 bits per heavy atom. The smallest absolute Gasteiger partial charge is 0.342 e. The van der Waals surface area contributed by atoms with Crippen LogP contribution in [0.2, 0.25) is 0 Å². The molecule has 28 heavy (non-hydrogen) atoms. The van der Waals surface area contributed by atoms with Crippen molar-refractivity contribution in [3.05, 3.63) is 83.7 Å². The first-order valence-electron chi connectivity index (χ1n) is 8.78. The Morgan fingerprint density at radius 2 is 1.79 bits per heavy atom. The van der Waals surface area contributed by atoms with Gasteiger partial charge in [0.05, 0.1) is 5.69 Å². The molecule has 0 unspecified atom stereocenters. The summed E-state index contributed by atoms with van der Waals surface area (Å²) >= 11 is 0. The van der Waals surface area contributed by atoms with Crippen LogP contribution in [-0.4, -0.2) is 25.9 Å². The van der Waals surface area contributed by atoms with Gasteiger partial charge in [0, 0.05) is 18.7 Å². The minimum absolute atomic E-state index is 0.0937. The maximum absolute atomic E-state index is 12.8. The van der Waals surface area contributed by atoms with Crippen LogP contribution in [0.15, 0.2) is 65.2 Å². The maximum Gasteiger partial charge on any atom is 0.342 e. The molecule has 0 atom stereocenters. The van der Waals surface area contributed by atoms with E-state index in [0.29, 0.717) is 17.1 Å². The van der Waals surface area contributed by atoms with Gasteiger partial charge in [-0.15, -0.1) is 10.2 Å². The third kappa shape index (κ3) is 3.68. The van der Waals surface area contributed by atoms with Crippen LogP contribution >= 0.6 is 0 Å². The van der Waals surface area contributed by atoms with Gasteiger partial charge >= 0.3 is 5.97 Å². The van der Waals surface area contributed by atoms with Gasteiger partial charge in [0.25, 0.3) is 5.89 Å².